The molecular weight excluding hydrogens is 359 g/mol. The van der Waals surface area contributed by atoms with Crippen molar-refractivity contribution in [3.63, 3.8) is 0 Å². The van der Waals surface area contributed by atoms with E-state index in [4.69, 9.17) is 39.5 Å². The molecule has 0 bridgehead atoms. The van der Waals surface area contributed by atoms with Gasteiger partial charge in [-0.1, -0.05) is 64.6 Å². The quantitative estimate of drug-likeness (QED) is 0.478. The van der Waals surface area contributed by atoms with Gasteiger partial charge in [-0.05, 0) is 18.6 Å². The van der Waals surface area contributed by atoms with Crippen molar-refractivity contribution in [3.05, 3.63) is 62.6 Å². The number of hydrogen-bond donors (Lipinski definition) is 1. The van der Waals surface area contributed by atoms with Crippen LogP contribution >= 0.6 is 34.8 Å². The highest BCUT2D eigenvalue weighted by atomic mass is 35.5. The first-order valence-electron chi connectivity index (χ1n) is 6.61. The van der Waals surface area contributed by atoms with E-state index in [0.29, 0.717) is 10.0 Å². The van der Waals surface area contributed by atoms with Crippen molar-refractivity contribution < 1.29 is 9.53 Å². The van der Waals surface area contributed by atoms with E-state index >= 15 is 0 Å². The molecule has 120 valence electrons. The van der Waals surface area contributed by atoms with Crippen molar-refractivity contribution >= 4 is 46.9 Å². The van der Waals surface area contributed by atoms with Crippen LogP contribution in [0.25, 0.3) is 0 Å². The minimum Gasteiger partial charge on any atom is -0.482 e. The van der Waals surface area contributed by atoms with Gasteiger partial charge in [0.05, 0.1) is 21.3 Å². The number of carbonyl (C=O) groups excluding carboxylic acids is 1. The lowest BCUT2D eigenvalue weighted by atomic mass is 10.2. The topological polar surface area (TPSA) is 50.7 Å². The number of benzene rings is 2. The fourth-order valence-corrected chi connectivity index (χ4v) is 2.21. The molecule has 2 aromatic rings. The summed E-state index contributed by atoms with van der Waals surface area (Å²) >= 11 is 17.6. The SMILES string of the molecule is Cc1ccc(C=NNC(=O)COc2cc(Cl)c(Cl)cc2Cl)cc1. The predicted octanol–water partition coefficient (Wildman–Crippen LogP) is 4.48. The van der Waals surface area contributed by atoms with E-state index in [9.17, 15) is 4.79 Å². The van der Waals surface area contributed by atoms with Gasteiger partial charge in [0.15, 0.2) is 6.61 Å². The van der Waals surface area contributed by atoms with E-state index in [0.717, 1.165) is 11.1 Å². The molecule has 0 radical (unpaired) electrons. The summed E-state index contributed by atoms with van der Waals surface area (Å²) in [6, 6.07) is 10.6. The van der Waals surface area contributed by atoms with Crippen molar-refractivity contribution in [2.75, 3.05) is 6.61 Å². The fraction of sp³-hybridized carbons (Fsp3) is 0.125. The second kappa shape index (κ2) is 8.20. The van der Waals surface area contributed by atoms with Gasteiger partial charge >= 0.3 is 0 Å². The molecule has 1 N–H and O–H groups in total. The van der Waals surface area contributed by atoms with Crippen molar-refractivity contribution in [2.24, 2.45) is 5.10 Å². The zero-order chi connectivity index (χ0) is 16.8. The predicted molar refractivity (Wildman–Crippen MR) is 93.9 cm³/mol. The molecule has 0 atom stereocenters. The van der Waals surface area contributed by atoms with Crippen molar-refractivity contribution in [1.82, 2.24) is 5.43 Å². The number of hydrazone groups is 1. The minimum absolute atomic E-state index is 0.247. The van der Waals surface area contributed by atoms with Crippen LogP contribution in [-0.2, 0) is 4.79 Å². The number of ether oxygens (including phenoxy) is 1. The number of nitrogens with one attached hydrogen (secondary N) is 1. The molecule has 0 aliphatic heterocycles. The van der Waals surface area contributed by atoms with Gasteiger partial charge < -0.3 is 4.74 Å². The van der Waals surface area contributed by atoms with Gasteiger partial charge in [-0.25, -0.2) is 5.43 Å². The first-order chi connectivity index (χ1) is 11.0. The van der Waals surface area contributed by atoms with Gasteiger partial charge in [-0.2, -0.15) is 5.10 Å². The molecule has 0 fully saturated rings. The molecule has 0 saturated carbocycles. The van der Waals surface area contributed by atoms with E-state index in [1.807, 2.05) is 31.2 Å². The van der Waals surface area contributed by atoms with Crippen LogP contribution in [0.3, 0.4) is 0 Å². The Hall–Kier alpha value is -1.75. The maximum Gasteiger partial charge on any atom is 0.277 e. The highest BCUT2D eigenvalue weighted by molar-refractivity contribution is 6.43. The lowest BCUT2D eigenvalue weighted by Gasteiger charge is -2.08. The summed E-state index contributed by atoms with van der Waals surface area (Å²) in [5, 5.41) is 4.74. The summed E-state index contributed by atoms with van der Waals surface area (Å²) < 4.78 is 5.29. The Morgan fingerprint density at radius 3 is 2.48 bits per heavy atom. The summed E-state index contributed by atoms with van der Waals surface area (Å²) in [6.07, 6.45) is 1.55. The molecule has 0 spiro atoms. The van der Waals surface area contributed by atoms with Crippen LogP contribution in [0.5, 0.6) is 5.75 Å². The fourth-order valence-electron chi connectivity index (χ4n) is 1.62. The van der Waals surface area contributed by atoms with E-state index < -0.39 is 5.91 Å². The Kier molecular flexibility index (Phi) is 6.28. The number of rotatable bonds is 5. The highest BCUT2D eigenvalue weighted by Gasteiger charge is 2.09. The number of halogens is 3. The molecule has 0 aromatic heterocycles. The first kappa shape index (κ1) is 17.6. The molecule has 0 heterocycles. The Morgan fingerprint density at radius 1 is 1.13 bits per heavy atom. The van der Waals surface area contributed by atoms with Gasteiger partial charge in [-0.3, -0.25) is 4.79 Å². The maximum absolute atomic E-state index is 11.7. The Balaban J connectivity index is 1.86. The monoisotopic (exact) mass is 370 g/mol. The standard InChI is InChI=1S/C16H13Cl3N2O2/c1-10-2-4-11(5-3-10)8-20-21-16(22)9-23-15-7-13(18)12(17)6-14(15)19/h2-8H,9H2,1H3,(H,21,22). The second-order valence-electron chi connectivity index (χ2n) is 4.69. The summed E-state index contributed by atoms with van der Waals surface area (Å²) in [4.78, 5) is 11.7. The number of amides is 1. The van der Waals surface area contributed by atoms with Gasteiger partial charge in [0.25, 0.3) is 5.91 Å². The highest BCUT2D eigenvalue weighted by Crippen LogP contribution is 2.33. The lowest BCUT2D eigenvalue weighted by molar-refractivity contribution is -0.123. The Bertz CT molecular complexity index is 731. The summed E-state index contributed by atoms with van der Waals surface area (Å²) in [6.45, 7) is 1.75. The Labute approximate surface area is 149 Å². The molecule has 2 rings (SSSR count). The number of carbonyl (C=O) groups is 1. The number of aryl methyl sites for hydroxylation is 1. The zero-order valence-corrected chi connectivity index (χ0v) is 14.4. The molecule has 2 aromatic carbocycles. The molecule has 4 nitrogen and oxygen atoms in total. The van der Waals surface area contributed by atoms with E-state index in [-0.39, 0.29) is 17.4 Å². The van der Waals surface area contributed by atoms with Crippen LogP contribution in [0.4, 0.5) is 0 Å². The Morgan fingerprint density at radius 2 is 1.78 bits per heavy atom. The van der Waals surface area contributed by atoms with Crippen LogP contribution in [0.2, 0.25) is 15.1 Å². The summed E-state index contributed by atoms with van der Waals surface area (Å²) in [7, 11) is 0. The number of hydrogen-bond acceptors (Lipinski definition) is 3. The average Bonchev–Trinajstić information content (AvgIpc) is 2.51. The van der Waals surface area contributed by atoms with E-state index in [1.54, 1.807) is 6.21 Å². The molecule has 23 heavy (non-hydrogen) atoms. The largest absolute Gasteiger partial charge is 0.482 e. The third-order valence-electron chi connectivity index (χ3n) is 2.81. The third kappa shape index (κ3) is 5.43. The minimum atomic E-state index is -0.421. The van der Waals surface area contributed by atoms with Crippen LogP contribution < -0.4 is 10.2 Å². The number of nitrogens with zero attached hydrogens (tertiary/aromatic N) is 1. The summed E-state index contributed by atoms with van der Waals surface area (Å²) in [5.74, 6) is -0.144. The molecule has 1 amide bonds. The van der Waals surface area contributed by atoms with Gasteiger partial charge in [-0.15, -0.1) is 0 Å². The molecule has 7 heteroatoms. The normalized spacial score (nSPS) is 10.8. The van der Waals surface area contributed by atoms with E-state index in [2.05, 4.69) is 10.5 Å². The first-order valence-corrected chi connectivity index (χ1v) is 7.75. The van der Waals surface area contributed by atoms with Crippen molar-refractivity contribution in [2.45, 2.75) is 6.92 Å². The van der Waals surface area contributed by atoms with Crippen LogP contribution in [0.1, 0.15) is 11.1 Å². The molecular formula is C16H13Cl3N2O2. The van der Waals surface area contributed by atoms with Crippen molar-refractivity contribution in [1.29, 1.82) is 0 Å². The second-order valence-corrected chi connectivity index (χ2v) is 5.91. The van der Waals surface area contributed by atoms with Crippen LogP contribution in [-0.4, -0.2) is 18.7 Å². The third-order valence-corrected chi connectivity index (χ3v) is 3.83. The maximum atomic E-state index is 11.7. The van der Waals surface area contributed by atoms with Crippen molar-refractivity contribution in [3.8, 4) is 5.75 Å². The van der Waals surface area contributed by atoms with Gasteiger partial charge in [0, 0.05) is 6.07 Å². The van der Waals surface area contributed by atoms with Crippen LogP contribution in [0.15, 0.2) is 41.5 Å². The smallest absolute Gasteiger partial charge is 0.277 e. The van der Waals surface area contributed by atoms with Gasteiger partial charge in [0.2, 0.25) is 0 Å². The zero-order valence-electron chi connectivity index (χ0n) is 12.1. The molecule has 0 aliphatic rings. The molecule has 0 aliphatic carbocycles. The lowest BCUT2D eigenvalue weighted by Crippen LogP contribution is -2.24. The average molecular weight is 372 g/mol. The van der Waals surface area contributed by atoms with Gasteiger partial charge in [0.1, 0.15) is 5.75 Å². The molecule has 0 saturated heterocycles. The van der Waals surface area contributed by atoms with E-state index in [1.165, 1.54) is 12.1 Å². The summed E-state index contributed by atoms with van der Waals surface area (Å²) in [5.41, 5.74) is 4.39. The molecule has 0 unspecified atom stereocenters. The van der Waals surface area contributed by atoms with Crippen LogP contribution in [0, 0.1) is 6.92 Å².